The maximum atomic E-state index is 12.1. The van der Waals surface area contributed by atoms with Gasteiger partial charge in [0.2, 0.25) is 5.91 Å². The van der Waals surface area contributed by atoms with Crippen molar-refractivity contribution in [2.75, 3.05) is 5.32 Å². The smallest absolute Gasteiger partial charge is 0.225 e. The quantitative estimate of drug-likeness (QED) is 0.736. The number of carbonyl (C=O) groups excluding carboxylic acids is 1. The SMILES string of the molecule is Cc1ccccc1NC(=O)CC(C)NCc1ccccc1CO. The first-order valence-electron chi connectivity index (χ1n) is 7.86. The number of hydrogen-bond acceptors (Lipinski definition) is 3. The Bertz CT molecular complexity index is 655. The number of aryl methyl sites for hydroxylation is 1. The fraction of sp³-hybridized carbons (Fsp3) is 0.316. The zero-order chi connectivity index (χ0) is 16.7. The van der Waals surface area contributed by atoms with Gasteiger partial charge in [0.15, 0.2) is 0 Å². The third-order valence-corrected chi connectivity index (χ3v) is 3.84. The molecule has 0 radical (unpaired) electrons. The number of para-hydroxylation sites is 1. The Kier molecular flexibility index (Phi) is 6.32. The Labute approximate surface area is 137 Å². The number of nitrogens with one attached hydrogen (secondary N) is 2. The summed E-state index contributed by atoms with van der Waals surface area (Å²) in [4.78, 5) is 12.1. The molecular weight excluding hydrogens is 288 g/mol. The van der Waals surface area contributed by atoms with Crippen LogP contribution in [0.5, 0.6) is 0 Å². The second-order valence-electron chi connectivity index (χ2n) is 5.78. The van der Waals surface area contributed by atoms with E-state index in [1.807, 2.05) is 62.4 Å². The molecule has 4 nitrogen and oxygen atoms in total. The van der Waals surface area contributed by atoms with Crippen molar-refractivity contribution in [3.8, 4) is 0 Å². The van der Waals surface area contributed by atoms with E-state index in [1.54, 1.807) is 0 Å². The number of amides is 1. The number of hydrogen-bond donors (Lipinski definition) is 3. The van der Waals surface area contributed by atoms with Crippen molar-refractivity contribution in [2.24, 2.45) is 0 Å². The summed E-state index contributed by atoms with van der Waals surface area (Å²) in [7, 11) is 0. The van der Waals surface area contributed by atoms with Gasteiger partial charge in [-0.05, 0) is 36.6 Å². The molecule has 0 saturated carbocycles. The van der Waals surface area contributed by atoms with Crippen molar-refractivity contribution in [1.82, 2.24) is 5.32 Å². The molecule has 2 aromatic rings. The summed E-state index contributed by atoms with van der Waals surface area (Å²) in [6.07, 6.45) is 0.398. The van der Waals surface area contributed by atoms with Crippen LogP contribution in [0.4, 0.5) is 5.69 Å². The van der Waals surface area contributed by atoms with E-state index in [0.29, 0.717) is 13.0 Å². The van der Waals surface area contributed by atoms with Gasteiger partial charge in [0.1, 0.15) is 0 Å². The van der Waals surface area contributed by atoms with Crippen LogP contribution in [-0.4, -0.2) is 17.1 Å². The first-order valence-corrected chi connectivity index (χ1v) is 7.86. The largest absolute Gasteiger partial charge is 0.392 e. The lowest BCUT2D eigenvalue weighted by Gasteiger charge is -2.16. The van der Waals surface area contributed by atoms with Gasteiger partial charge < -0.3 is 15.7 Å². The van der Waals surface area contributed by atoms with E-state index in [-0.39, 0.29) is 18.6 Å². The van der Waals surface area contributed by atoms with Gasteiger partial charge in [0, 0.05) is 24.7 Å². The first-order chi connectivity index (χ1) is 11.1. The fourth-order valence-corrected chi connectivity index (χ4v) is 2.43. The normalized spacial score (nSPS) is 12.0. The van der Waals surface area contributed by atoms with E-state index >= 15 is 0 Å². The third-order valence-electron chi connectivity index (χ3n) is 3.84. The standard InChI is InChI=1S/C19H24N2O2/c1-14-7-3-6-10-18(14)21-19(23)11-15(2)20-12-16-8-4-5-9-17(16)13-22/h3-10,15,20,22H,11-13H2,1-2H3,(H,21,23). The Morgan fingerprint density at radius 1 is 1.09 bits per heavy atom. The zero-order valence-electron chi connectivity index (χ0n) is 13.7. The molecule has 1 unspecified atom stereocenters. The highest BCUT2D eigenvalue weighted by Crippen LogP contribution is 2.14. The lowest BCUT2D eigenvalue weighted by molar-refractivity contribution is -0.116. The Morgan fingerprint density at radius 2 is 1.74 bits per heavy atom. The lowest BCUT2D eigenvalue weighted by Crippen LogP contribution is -2.30. The highest BCUT2D eigenvalue weighted by Gasteiger charge is 2.10. The number of aliphatic hydroxyl groups excluding tert-OH is 1. The third kappa shape index (κ3) is 5.20. The van der Waals surface area contributed by atoms with Crippen LogP contribution >= 0.6 is 0 Å². The molecule has 3 N–H and O–H groups in total. The monoisotopic (exact) mass is 312 g/mol. The van der Waals surface area contributed by atoms with Crippen molar-refractivity contribution >= 4 is 11.6 Å². The van der Waals surface area contributed by atoms with Crippen molar-refractivity contribution in [3.05, 3.63) is 65.2 Å². The molecule has 122 valence electrons. The van der Waals surface area contributed by atoms with Crippen LogP contribution < -0.4 is 10.6 Å². The molecule has 0 saturated heterocycles. The molecule has 0 aliphatic rings. The predicted octanol–water partition coefficient (Wildman–Crippen LogP) is 2.99. The van der Waals surface area contributed by atoms with E-state index in [0.717, 1.165) is 22.4 Å². The first kappa shape index (κ1) is 17.2. The molecule has 1 atom stereocenters. The van der Waals surface area contributed by atoms with Crippen molar-refractivity contribution in [2.45, 2.75) is 39.5 Å². The van der Waals surface area contributed by atoms with Crippen LogP contribution in [0.1, 0.15) is 30.0 Å². The van der Waals surface area contributed by atoms with Crippen LogP contribution in [0.15, 0.2) is 48.5 Å². The van der Waals surface area contributed by atoms with Gasteiger partial charge in [-0.3, -0.25) is 4.79 Å². The van der Waals surface area contributed by atoms with E-state index < -0.39 is 0 Å². The highest BCUT2D eigenvalue weighted by molar-refractivity contribution is 5.91. The van der Waals surface area contributed by atoms with Gasteiger partial charge in [0.25, 0.3) is 0 Å². The summed E-state index contributed by atoms with van der Waals surface area (Å²) in [6.45, 7) is 4.62. The van der Waals surface area contributed by atoms with Crippen LogP contribution in [-0.2, 0) is 17.9 Å². The molecule has 23 heavy (non-hydrogen) atoms. The Hall–Kier alpha value is -2.17. The lowest BCUT2D eigenvalue weighted by atomic mass is 10.1. The van der Waals surface area contributed by atoms with Crippen LogP contribution in [0.2, 0.25) is 0 Å². The van der Waals surface area contributed by atoms with Crippen LogP contribution in [0.25, 0.3) is 0 Å². The van der Waals surface area contributed by atoms with Gasteiger partial charge in [-0.2, -0.15) is 0 Å². The molecule has 0 aliphatic heterocycles. The van der Waals surface area contributed by atoms with Gasteiger partial charge in [-0.1, -0.05) is 42.5 Å². The summed E-state index contributed by atoms with van der Waals surface area (Å²) in [5.41, 5.74) is 3.88. The summed E-state index contributed by atoms with van der Waals surface area (Å²) < 4.78 is 0. The average molecular weight is 312 g/mol. The molecule has 0 fully saturated rings. The van der Waals surface area contributed by atoms with Gasteiger partial charge >= 0.3 is 0 Å². The van der Waals surface area contributed by atoms with E-state index in [9.17, 15) is 9.90 Å². The van der Waals surface area contributed by atoms with Gasteiger partial charge in [-0.15, -0.1) is 0 Å². The zero-order valence-corrected chi connectivity index (χ0v) is 13.7. The molecule has 0 aliphatic carbocycles. The van der Waals surface area contributed by atoms with Crippen molar-refractivity contribution in [3.63, 3.8) is 0 Å². The molecule has 0 aromatic heterocycles. The van der Waals surface area contributed by atoms with E-state index in [4.69, 9.17) is 0 Å². The van der Waals surface area contributed by atoms with Gasteiger partial charge in [0.05, 0.1) is 6.61 Å². The molecule has 1 amide bonds. The summed E-state index contributed by atoms with van der Waals surface area (Å²) in [5, 5.41) is 15.6. The van der Waals surface area contributed by atoms with Crippen LogP contribution in [0.3, 0.4) is 0 Å². The second-order valence-corrected chi connectivity index (χ2v) is 5.78. The van der Waals surface area contributed by atoms with Gasteiger partial charge in [-0.25, -0.2) is 0 Å². The maximum absolute atomic E-state index is 12.1. The molecule has 0 spiro atoms. The van der Waals surface area contributed by atoms with Crippen molar-refractivity contribution in [1.29, 1.82) is 0 Å². The van der Waals surface area contributed by atoms with Crippen molar-refractivity contribution < 1.29 is 9.90 Å². The van der Waals surface area contributed by atoms with Crippen LogP contribution in [0, 0.1) is 6.92 Å². The predicted molar refractivity (Wildman–Crippen MR) is 93.1 cm³/mol. The molecule has 2 rings (SSSR count). The molecule has 0 heterocycles. The number of benzene rings is 2. The topological polar surface area (TPSA) is 61.4 Å². The molecule has 4 heteroatoms. The second kappa shape index (κ2) is 8.46. The maximum Gasteiger partial charge on any atom is 0.225 e. The fourth-order valence-electron chi connectivity index (χ4n) is 2.43. The Balaban J connectivity index is 1.83. The van der Waals surface area contributed by atoms with E-state index in [1.165, 1.54) is 0 Å². The Morgan fingerprint density at radius 3 is 2.43 bits per heavy atom. The number of anilines is 1. The molecular formula is C19H24N2O2. The molecule has 0 bridgehead atoms. The minimum absolute atomic E-state index is 0.00487. The number of carbonyl (C=O) groups is 1. The molecule has 2 aromatic carbocycles. The van der Waals surface area contributed by atoms with E-state index in [2.05, 4.69) is 10.6 Å². The minimum Gasteiger partial charge on any atom is -0.392 e. The minimum atomic E-state index is -0.00487. The number of rotatable bonds is 7. The number of aliphatic hydroxyl groups is 1. The summed E-state index contributed by atoms with van der Waals surface area (Å²) in [5.74, 6) is -0.00487. The average Bonchev–Trinajstić information content (AvgIpc) is 2.55. The summed E-state index contributed by atoms with van der Waals surface area (Å²) in [6, 6.07) is 15.5. The highest BCUT2D eigenvalue weighted by atomic mass is 16.3. The summed E-state index contributed by atoms with van der Waals surface area (Å²) >= 11 is 0.